The van der Waals surface area contributed by atoms with Gasteiger partial charge in [0.05, 0.1) is 0 Å². The fourth-order valence-corrected chi connectivity index (χ4v) is 4.27. The Morgan fingerprint density at radius 2 is 2.29 bits per heavy atom. The third-order valence-corrected chi connectivity index (χ3v) is 5.16. The summed E-state index contributed by atoms with van der Waals surface area (Å²) in [6, 6.07) is 3.22. The van der Waals surface area contributed by atoms with E-state index in [0.29, 0.717) is 5.75 Å². The lowest BCUT2D eigenvalue weighted by molar-refractivity contribution is -0.140. The average molecular weight is 291 g/mol. The van der Waals surface area contributed by atoms with Crippen LogP contribution < -0.4 is 5.32 Å². The van der Waals surface area contributed by atoms with E-state index < -0.39 is 12.0 Å². The van der Waals surface area contributed by atoms with Gasteiger partial charge in [0.1, 0.15) is 6.04 Å². The number of carboxylic acid groups (broad SMARTS) is 1. The van der Waals surface area contributed by atoms with Crippen LogP contribution in [-0.2, 0) is 15.3 Å². The molecular weight excluding hydrogens is 278 g/mol. The number of carboxylic acids is 1. The van der Waals surface area contributed by atoms with Gasteiger partial charge in [-0.25, -0.2) is 4.79 Å². The van der Waals surface area contributed by atoms with Gasteiger partial charge in [-0.05, 0) is 11.4 Å². The van der Waals surface area contributed by atoms with Gasteiger partial charge >= 0.3 is 5.97 Å². The average Bonchev–Trinajstić information content (AvgIpc) is 2.74. The highest BCUT2D eigenvalue weighted by Crippen LogP contribution is 2.28. The Labute approximate surface area is 112 Å². The smallest absolute Gasteiger partial charge is 0.327 e. The molecule has 0 saturated heterocycles. The molecule has 17 heavy (non-hydrogen) atoms. The van der Waals surface area contributed by atoms with Gasteiger partial charge < -0.3 is 10.4 Å². The van der Waals surface area contributed by atoms with Crippen molar-refractivity contribution in [2.75, 3.05) is 5.75 Å². The van der Waals surface area contributed by atoms with E-state index in [4.69, 9.17) is 5.11 Å². The molecule has 0 aliphatic rings. The largest absolute Gasteiger partial charge is 0.480 e. The van der Waals surface area contributed by atoms with Gasteiger partial charge in [-0.1, -0.05) is 27.7 Å². The minimum absolute atomic E-state index is 0.318. The lowest BCUT2D eigenvalue weighted by atomic mass is 10.3. The minimum Gasteiger partial charge on any atom is -0.480 e. The van der Waals surface area contributed by atoms with E-state index >= 15 is 0 Å². The SMILES string of the molecule is CC(=O)N[C@@H](CSSCc1cccs1)C(=O)O. The van der Waals surface area contributed by atoms with Crippen molar-refractivity contribution < 1.29 is 14.7 Å². The molecule has 1 aromatic rings. The second-order valence-electron chi connectivity index (χ2n) is 3.22. The van der Waals surface area contributed by atoms with E-state index in [1.54, 1.807) is 22.1 Å². The maximum Gasteiger partial charge on any atom is 0.327 e. The molecule has 94 valence electrons. The van der Waals surface area contributed by atoms with Crippen LogP contribution in [-0.4, -0.2) is 28.8 Å². The molecule has 0 saturated carbocycles. The fourth-order valence-electron chi connectivity index (χ4n) is 1.03. The molecule has 0 spiro atoms. The van der Waals surface area contributed by atoms with Crippen molar-refractivity contribution in [3.8, 4) is 0 Å². The first-order valence-corrected chi connectivity index (χ1v) is 8.23. The van der Waals surface area contributed by atoms with E-state index in [1.165, 1.54) is 22.6 Å². The molecule has 0 fully saturated rings. The topological polar surface area (TPSA) is 66.4 Å². The third kappa shape index (κ3) is 5.99. The predicted molar refractivity (Wildman–Crippen MR) is 73.3 cm³/mol. The Balaban J connectivity index is 2.23. The number of rotatable bonds is 7. The van der Waals surface area contributed by atoms with E-state index in [1.807, 2.05) is 17.5 Å². The summed E-state index contributed by atoms with van der Waals surface area (Å²) in [6.45, 7) is 1.32. The third-order valence-electron chi connectivity index (χ3n) is 1.77. The van der Waals surface area contributed by atoms with Crippen LogP contribution in [0.1, 0.15) is 11.8 Å². The molecule has 0 aliphatic carbocycles. The summed E-state index contributed by atoms with van der Waals surface area (Å²) in [5.74, 6) is -0.0923. The van der Waals surface area contributed by atoms with Crippen LogP contribution in [0.15, 0.2) is 17.5 Å². The first-order chi connectivity index (χ1) is 8.09. The Morgan fingerprint density at radius 1 is 1.53 bits per heavy atom. The number of carbonyl (C=O) groups is 2. The summed E-state index contributed by atoms with van der Waals surface area (Å²) in [6.07, 6.45) is 0. The molecule has 0 aliphatic heterocycles. The Hall–Kier alpha value is -0.660. The molecule has 1 aromatic heterocycles. The van der Waals surface area contributed by atoms with Crippen LogP contribution in [0.3, 0.4) is 0 Å². The van der Waals surface area contributed by atoms with Gasteiger partial charge in [0.2, 0.25) is 5.91 Å². The molecule has 1 rings (SSSR count). The maximum absolute atomic E-state index is 10.8. The number of hydrogen-bond donors (Lipinski definition) is 2. The number of hydrogen-bond acceptors (Lipinski definition) is 5. The normalized spacial score (nSPS) is 12.1. The lowest BCUT2D eigenvalue weighted by Gasteiger charge is -2.11. The fraction of sp³-hybridized carbons (Fsp3) is 0.400. The summed E-state index contributed by atoms with van der Waals surface area (Å²) in [5.41, 5.74) is 0. The van der Waals surface area contributed by atoms with E-state index in [2.05, 4.69) is 5.32 Å². The highest BCUT2D eigenvalue weighted by atomic mass is 33.1. The summed E-state index contributed by atoms with van der Waals surface area (Å²) in [7, 11) is 3.05. The van der Waals surface area contributed by atoms with Crippen LogP contribution in [0.4, 0.5) is 0 Å². The molecular formula is C10H13NO3S3. The molecule has 2 N–H and O–H groups in total. The summed E-state index contributed by atoms with van der Waals surface area (Å²) >= 11 is 1.68. The second-order valence-corrected chi connectivity index (χ2v) is 6.76. The van der Waals surface area contributed by atoms with Gasteiger partial charge in [0.25, 0.3) is 0 Å². The second kappa shape index (κ2) is 7.62. The van der Waals surface area contributed by atoms with Crippen molar-refractivity contribution in [2.24, 2.45) is 0 Å². The van der Waals surface area contributed by atoms with Crippen LogP contribution in [0.2, 0.25) is 0 Å². The first kappa shape index (κ1) is 14.4. The summed E-state index contributed by atoms with van der Waals surface area (Å²) < 4.78 is 0. The molecule has 7 heteroatoms. The van der Waals surface area contributed by atoms with Gasteiger partial charge in [-0.15, -0.1) is 11.3 Å². The van der Waals surface area contributed by atoms with Gasteiger partial charge in [0.15, 0.2) is 0 Å². The Bertz CT molecular complexity index is 367. The lowest BCUT2D eigenvalue weighted by Crippen LogP contribution is -2.41. The molecule has 0 radical (unpaired) electrons. The van der Waals surface area contributed by atoms with Crippen LogP contribution in [0.25, 0.3) is 0 Å². The molecule has 0 bridgehead atoms. The van der Waals surface area contributed by atoms with Crippen molar-refractivity contribution in [2.45, 2.75) is 18.7 Å². The molecule has 0 unspecified atom stereocenters. The highest BCUT2D eigenvalue weighted by molar-refractivity contribution is 8.76. The minimum atomic E-state index is -0.996. The number of carbonyl (C=O) groups excluding carboxylic acids is 1. The number of thiophene rings is 1. The maximum atomic E-state index is 10.8. The Morgan fingerprint density at radius 3 is 2.82 bits per heavy atom. The van der Waals surface area contributed by atoms with Crippen molar-refractivity contribution in [1.29, 1.82) is 0 Å². The van der Waals surface area contributed by atoms with Crippen LogP contribution >= 0.6 is 32.9 Å². The van der Waals surface area contributed by atoms with E-state index in [9.17, 15) is 9.59 Å². The van der Waals surface area contributed by atoms with Gasteiger partial charge in [-0.3, -0.25) is 4.79 Å². The highest BCUT2D eigenvalue weighted by Gasteiger charge is 2.18. The van der Waals surface area contributed by atoms with Crippen LogP contribution in [0, 0.1) is 0 Å². The molecule has 1 atom stereocenters. The van der Waals surface area contributed by atoms with Crippen molar-refractivity contribution in [3.05, 3.63) is 22.4 Å². The summed E-state index contributed by atoms with van der Waals surface area (Å²) in [4.78, 5) is 22.9. The zero-order chi connectivity index (χ0) is 12.7. The van der Waals surface area contributed by atoms with Gasteiger partial charge in [-0.2, -0.15) is 0 Å². The quantitative estimate of drug-likeness (QED) is 0.595. The Kier molecular flexibility index (Phi) is 6.46. The van der Waals surface area contributed by atoms with Crippen molar-refractivity contribution in [1.82, 2.24) is 5.32 Å². The van der Waals surface area contributed by atoms with E-state index in [0.717, 1.165) is 5.75 Å². The monoisotopic (exact) mass is 291 g/mol. The zero-order valence-electron chi connectivity index (χ0n) is 9.21. The number of amides is 1. The first-order valence-electron chi connectivity index (χ1n) is 4.86. The van der Waals surface area contributed by atoms with Crippen LogP contribution in [0.5, 0.6) is 0 Å². The number of aliphatic carboxylic acids is 1. The standard InChI is InChI=1S/C10H13NO3S3/c1-7(12)11-9(10(13)14)6-17-16-5-8-3-2-4-15-8/h2-4,9H,5-6H2,1H3,(H,11,12)(H,13,14)/t9-/m0/s1. The van der Waals surface area contributed by atoms with Gasteiger partial charge in [0, 0.05) is 23.3 Å². The zero-order valence-corrected chi connectivity index (χ0v) is 11.7. The molecule has 1 amide bonds. The predicted octanol–water partition coefficient (Wildman–Crippen LogP) is 2.22. The molecule has 1 heterocycles. The number of nitrogens with one attached hydrogen (secondary N) is 1. The van der Waals surface area contributed by atoms with Crippen molar-refractivity contribution >= 4 is 44.8 Å². The molecule has 0 aromatic carbocycles. The van der Waals surface area contributed by atoms with Crippen molar-refractivity contribution in [3.63, 3.8) is 0 Å². The summed E-state index contributed by atoms with van der Waals surface area (Å²) in [5, 5.41) is 13.3. The molecule has 4 nitrogen and oxygen atoms in total. The van der Waals surface area contributed by atoms with E-state index in [-0.39, 0.29) is 5.91 Å².